The van der Waals surface area contributed by atoms with E-state index < -0.39 is 9.84 Å². The lowest BCUT2D eigenvalue weighted by molar-refractivity contribution is 0.601. The maximum absolute atomic E-state index is 12.4. The predicted molar refractivity (Wildman–Crippen MR) is 85.5 cm³/mol. The third kappa shape index (κ3) is 3.03. The topological polar surface area (TPSA) is 97.7 Å². The highest BCUT2D eigenvalue weighted by atomic mass is 35.5. The number of hydrogen-bond acceptors (Lipinski definition) is 5. The zero-order valence-corrected chi connectivity index (χ0v) is 13.5. The molecular formula is C14H11ClN4O3S. The minimum absolute atomic E-state index is 0.0837. The Labute approximate surface area is 136 Å². The monoisotopic (exact) mass is 350 g/mol. The number of sulfone groups is 1. The first kappa shape index (κ1) is 15.4. The van der Waals surface area contributed by atoms with Gasteiger partial charge in [0.2, 0.25) is 0 Å². The SMILES string of the molecule is CS(=O)(=O)c1ccc(-n2[nH]cc(-c3ccc(Cl)cn3)c2=O)nc1. The molecule has 3 aromatic heterocycles. The minimum atomic E-state index is -3.34. The summed E-state index contributed by atoms with van der Waals surface area (Å²) in [6, 6.07) is 6.12. The standard InChI is InChI=1S/C14H11ClN4O3S/c1-23(21,22)10-3-5-13(17-7-10)19-14(20)11(8-18-19)12-4-2-9(15)6-16-12/h2-8,18H,1H3. The van der Waals surface area contributed by atoms with Crippen molar-refractivity contribution in [3.63, 3.8) is 0 Å². The Bertz CT molecular complexity index is 1010. The van der Waals surface area contributed by atoms with Gasteiger partial charge in [-0.1, -0.05) is 11.6 Å². The molecule has 9 heteroatoms. The van der Waals surface area contributed by atoms with Gasteiger partial charge in [-0.3, -0.25) is 14.9 Å². The number of pyridine rings is 2. The Hall–Kier alpha value is -2.45. The number of nitrogens with zero attached hydrogens (tertiary/aromatic N) is 3. The molecule has 3 aromatic rings. The molecule has 0 aromatic carbocycles. The van der Waals surface area contributed by atoms with E-state index in [4.69, 9.17) is 11.6 Å². The molecule has 0 radical (unpaired) electrons. The average Bonchev–Trinajstić information content (AvgIpc) is 2.89. The van der Waals surface area contributed by atoms with Gasteiger partial charge in [0.1, 0.15) is 0 Å². The number of hydrogen-bond donors (Lipinski definition) is 1. The van der Waals surface area contributed by atoms with Gasteiger partial charge in [-0.15, -0.1) is 0 Å². The summed E-state index contributed by atoms with van der Waals surface area (Å²) < 4.78 is 24.1. The summed E-state index contributed by atoms with van der Waals surface area (Å²) in [4.78, 5) is 20.6. The van der Waals surface area contributed by atoms with Gasteiger partial charge >= 0.3 is 0 Å². The molecule has 0 aliphatic heterocycles. The van der Waals surface area contributed by atoms with Crippen LogP contribution in [0.15, 0.2) is 52.5 Å². The van der Waals surface area contributed by atoms with E-state index in [0.717, 1.165) is 6.26 Å². The van der Waals surface area contributed by atoms with Crippen molar-refractivity contribution in [3.8, 4) is 17.1 Å². The molecule has 0 spiro atoms. The van der Waals surface area contributed by atoms with Crippen molar-refractivity contribution in [1.82, 2.24) is 19.7 Å². The smallest absolute Gasteiger partial charge is 0.282 e. The van der Waals surface area contributed by atoms with Crippen molar-refractivity contribution in [2.75, 3.05) is 6.26 Å². The summed E-state index contributed by atoms with van der Waals surface area (Å²) in [6.07, 6.45) is 5.25. The van der Waals surface area contributed by atoms with Crippen molar-refractivity contribution < 1.29 is 8.42 Å². The molecule has 0 atom stereocenters. The zero-order valence-electron chi connectivity index (χ0n) is 11.9. The van der Waals surface area contributed by atoms with Gasteiger partial charge in [-0.2, -0.15) is 0 Å². The van der Waals surface area contributed by atoms with Gasteiger partial charge in [-0.05, 0) is 24.3 Å². The lowest BCUT2D eigenvalue weighted by atomic mass is 10.2. The van der Waals surface area contributed by atoms with Gasteiger partial charge < -0.3 is 0 Å². The molecule has 0 fully saturated rings. The van der Waals surface area contributed by atoms with Crippen LogP contribution in [-0.2, 0) is 9.84 Å². The average molecular weight is 351 g/mol. The van der Waals surface area contributed by atoms with Crippen LogP contribution in [0.25, 0.3) is 17.1 Å². The van der Waals surface area contributed by atoms with Crippen LogP contribution in [0.2, 0.25) is 5.02 Å². The number of rotatable bonds is 3. The van der Waals surface area contributed by atoms with E-state index in [9.17, 15) is 13.2 Å². The number of nitrogens with one attached hydrogen (secondary N) is 1. The van der Waals surface area contributed by atoms with E-state index in [1.165, 1.54) is 35.4 Å². The maximum Gasteiger partial charge on any atom is 0.282 e. The molecule has 0 aliphatic rings. The van der Waals surface area contributed by atoms with Crippen LogP contribution in [0.4, 0.5) is 0 Å². The van der Waals surface area contributed by atoms with Crippen LogP contribution >= 0.6 is 11.6 Å². The molecule has 23 heavy (non-hydrogen) atoms. The van der Waals surface area contributed by atoms with E-state index in [0.29, 0.717) is 16.3 Å². The molecular weight excluding hydrogens is 340 g/mol. The van der Waals surface area contributed by atoms with Crippen molar-refractivity contribution in [1.29, 1.82) is 0 Å². The highest BCUT2D eigenvalue weighted by Gasteiger charge is 2.13. The first-order valence-electron chi connectivity index (χ1n) is 6.45. The first-order valence-corrected chi connectivity index (χ1v) is 8.72. The Morgan fingerprint density at radius 2 is 1.91 bits per heavy atom. The predicted octanol–water partition coefficient (Wildman–Crippen LogP) is 1.68. The largest absolute Gasteiger partial charge is 0.296 e. The molecule has 0 unspecified atom stereocenters. The highest BCUT2D eigenvalue weighted by molar-refractivity contribution is 7.90. The van der Waals surface area contributed by atoms with Crippen LogP contribution in [0.1, 0.15) is 0 Å². The van der Waals surface area contributed by atoms with E-state index in [2.05, 4.69) is 15.1 Å². The van der Waals surface area contributed by atoms with Gasteiger partial charge in [0.05, 0.1) is 21.2 Å². The lowest BCUT2D eigenvalue weighted by Crippen LogP contribution is -2.17. The highest BCUT2D eigenvalue weighted by Crippen LogP contribution is 2.16. The van der Waals surface area contributed by atoms with Crippen molar-refractivity contribution in [3.05, 3.63) is 58.2 Å². The van der Waals surface area contributed by atoms with E-state index >= 15 is 0 Å². The summed E-state index contributed by atoms with van der Waals surface area (Å²) in [7, 11) is -3.34. The van der Waals surface area contributed by atoms with Gasteiger partial charge in [0.15, 0.2) is 15.7 Å². The van der Waals surface area contributed by atoms with Crippen molar-refractivity contribution in [2.24, 2.45) is 0 Å². The van der Waals surface area contributed by atoms with Crippen LogP contribution in [0.5, 0.6) is 0 Å². The summed E-state index contributed by atoms with van der Waals surface area (Å²) >= 11 is 5.78. The Kier molecular flexibility index (Phi) is 3.78. The molecule has 0 amide bonds. The Balaban J connectivity index is 2.02. The Morgan fingerprint density at radius 3 is 2.48 bits per heavy atom. The minimum Gasteiger partial charge on any atom is -0.296 e. The molecule has 118 valence electrons. The van der Waals surface area contributed by atoms with Crippen LogP contribution < -0.4 is 5.56 Å². The summed E-state index contributed by atoms with van der Waals surface area (Å²) in [5, 5.41) is 3.26. The normalized spacial score (nSPS) is 11.6. The summed E-state index contributed by atoms with van der Waals surface area (Å²) in [5.74, 6) is 0.280. The number of aromatic nitrogens is 4. The fourth-order valence-electron chi connectivity index (χ4n) is 1.98. The zero-order chi connectivity index (χ0) is 16.6. The van der Waals surface area contributed by atoms with Gasteiger partial charge in [-0.25, -0.2) is 18.1 Å². The van der Waals surface area contributed by atoms with E-state index in [1.807, 2.05) is 0 Å². The number of H-pyrrole nitrogens is 1. The lowest BCUT2D eigenvalue weighted by Gasteiger charge is -2.02. The van der Waals surface area contributed by atoms with E-state index in [-0.39, 0.29) is 16.3 Å². The first-order chi connectivity index (χ1) is 10.9. The second kappa shape index (κ2) is 5.64. The molecule has 3 heterocycles. The third-order valence-corrected chi connectivity index (χ3v) is 4.47. The summed E-state index contributed by atoms with van der Waals surface area (Å²) in [5.41, 5.74) is 0.484. The molecule has 0 aliphatic carbocycles. The number of aromatic amines is 1. The van der Waals surface area contributed by atoms with Crippen LogP contribution in [0.3, 0.4) is 0 Å². The van der Waals surface area contributed by atoms with Crippen LogP contribution in [0, 0.1) is 0 Å². The summed E-state index contributed by atoms with van der Waals surface area (Å²) in [6.45, 7) is 0. The van der Waals surface area contributed by atoms with E-state index in [1.54, 1.807) is 12.1 Å². The second-order valence-electron chi connectivity index (χ2n) is 4.81. The molecule has 0 saturated carbocycles. The third-order valence-electron chi connectivity index (χ3n) is 3.15. The maximum atomic E-state index is 12.4. The van der Waals surface area contributed by atoms with Gasteiger partial charge in [0.25, 0.3) is 5.56 Å². The molecule has 0 bridgehead atoms. The Morgan fingerprint density at radius 1 is 1.13 bits per heavy atom. The molecule has 3 rings (SSSR count). The quantitative estimate of drug-likeness (QED) is 0.775. The van der Waals surface area contributed by atoms with Crippen molar-refractivity contribution in [2.45, 2.75) is 4.90 Å². The molecule has 1 N–H and O–H groups in total. The van der Waals surface area contributed by atoms with Crippen LogP contribution in [-0.4, -0.2) is 34.4 Å². The second-order valence-corrected chi connectivity index (χ2v) is 7.27. The van der Waals surface area contributed by atoms with Crippen molar-refractivity contribution >= 4 is 21.4 Å². The van der Waals surface area contributed by atoms with Gasteiger partial charge in [0, 0.05) is 24.8 Å². The fourth-order valence-corrected chi connectivity index (χ4v) is 2.65. The number of halogens is 1. The molecule has 0 saturated heterocycles. The fraction of sp³-hybridized carbons (Fsp3) is 0.0714. The molecule has 7 nitrogen and oxygen atoms in total.